The summed E-state index contributed by atoms with van der Waals surface area (Å²) in [6, 6.07) is 0.287. The maximum atomic E-state index is 9.01. The Morgan fingerprint density at radius 1 is 1.50 bits per heavy atom. The summed E-state index contributed by atoms with van der Waals surface area (Å²) in [6.07, 6.45) is 5.03. The van der Waals surface area contributed by atoms with Gasteiger partial charge in [0.1, 0.15) is 11.0 Å². The van der Waals surface area contributed by atoms with Gasteiger partial charge in [0.2, 0.25) is 0 Å². The number of aromatic nitrogens is 2. The number of halogens is 1. The molecule has 0 aromatic carbocycles. The second kappa shape index (κ2) is 6.66. The smallest absolute Gasteiger partial charge is 0.149 e. The largest absolute Gasteiger partial charge is 0.396 e. The predicted octanol–water partition coefficient (Wildman–Crippen LogP) is 2.34. The van der Waals surface area contributed by atoms with Gasteiger partial charge in [0.15, 0.2) is 0 Å². The molecule has 0 spiro atoms. The highest BCUT2D eigenvalue weighted by molar-refractivity contribution is 6.29. The molecule has 0 aliphatic carbocycles. The molecule has 0 amide bonds. The Hall–Kier alpha value is -0.870. The van der Waals surface area contributed by atoms with Crippen LogP contribution in [0.2, 0.25) is 5.15 Å². The maximum Gasteiger partial charge on any atom is 0.149 e. The average molecular weight is 244 g/mol. The van der Waals surface area contributed by atoms with Gasteiger partial charge in [-0.05, 0) is 18.8 Å². The molecule has 2 atom stereocenters. The molecule has 1 aromatic rings. The van der Waals surface area contributed by atoms with Crippen LogP contribution in [0.3, 0.4) is 0 Å². The monoisotopic (exact) mass is 243 g/mol. The first-order valence-corrected chi connectivity index (χ1v) is 5.88. The van der Waals surface area contributed by atoms with Crippen LogP contribution in [-0.2, 0) is 0 Å². The van der Waals surface area contributed by atoms with Crippen LogP contribution in [0.5, 0.6) is 0 Å². The van der Waals surface area contributed by atoms with Crippen molar-refractivity contribution in [1.82, 2.24) is 9.97 Å². The van der Waals surface area contributed by atoms with Gasteiger partial charge in [-0.1, -0.05) is 25.4 Å². The third kappa shape index (κ3) is 4.33. The first-order valence-electron chi connectivity index (χ1n) is 5.50. The van der Waals surface area contributed by atoms with E-state index in [1.54, 1.807) is 6.20 Å². The van der Waals surface area contributed by atoms with Crippen LogP contribution in [0.4, 0.5) is 5.82 Å². The van der Waals surface area contributed by atoms with Gasteiger partial charge in [-0.3, -0.25) is 4.98 Å². The SMILES string of the molecule is CC[C@@H](C[C@H](C)CO)Nc1cncc(Cl)n1. The van der Waals surface area contributed by atoms with Crippen LogP contribution < -0.4 is 5.32 Å². The summed E-state index contributed by atoms with van der Waals surface area (Å²) in [4.78, 5) is 8.09. The summed E-state index contributed by atoms with van der Waals surface area (Å²) in [7, 11) is 0. The van der Waals surface area contributed by atoms with Crippen LogP contribution in [0.25, 0.3) is 0 Å². The normalized spacial score (nSPS) is 14.5. The van der Waals surface area contributed by atoms with Gasteiger partial charge in [0, 0.05) is 12.6 Å². The van der Waals surface area contributed by atoms with Crippen LogP contribution in [0, 0.1) is 5.92 Å². The summed E-state index contributed by atoms with van der Waals surface area (Å²) in [6.45, 7) is 4.33. The summed E-state index contributed by atoms with van der Waals surface area (Å²) in [5, 5.41) is 12.7. The van der Waals surface area contributed by atoms with E-state index < -0.39 is 0 Å². The number of aliphatic hydroxyl groups is 1. The zero-order valence-corrected chi connectivity index (χ0v) is 10.4. The molecule has 16 heavy (non-hydrogen) atoms. The Balaban J connectivity index is 2.56. The topological polar surface area (TPSA) is 58.0 Å². The van der Waals surface area contributed by atoms with E-state index in [1.807, 2.05) is 6.92 Å². The first kappa shape index (κ1) is 13.2. The van der Waals surface area contributed by atoms with Crippen molar-refractivity contribution in [3.05, 3.63) is 17.5 Å². The lowest BCUT2D eigenvalue weighted by molar-refractivity contribution is 0.224. The van der Waals surface area contributed by atoms with Crippen LogP contribution in [0.15, 0.2) is 12.4 Å². The highest BCUT2D eigenvalue weighted by atomic mass is 35.5. The molecule has 0 radical (unpaired) electrons. The minimum Gasteiger partial charge on any atom is -0.396 e. The standard InChI is InChI=1S/C11H18ClN3O/c1-3-9(4-8(2)7-16)14-11-6-13-5-10(12)15-11/h5-6,8-9,16H,3-4,7H2,1-2H3,(H,14,15)/t8-,9-/m0/s1. The summed E-state index contributed by atoms with van der Waals surface area (Å²) >= 11 is 5.75. The fourth-order valence-corrected chi connectivity index (χ4v) is 1.66. The van der Waals surface area contributed by atoms with E-state index in [0.29, 0.717) is 11.0 Å². The van der Waals surface area contributed by atoms with Crippen molar-refractivity contribution in [1.29, 1.82) is 0 Å². The van der Waals surface area contributed by atoms with E-state index in [4.69, 9.17) is 16.7 Å². The zero-order chi connectivity index (χ0) is 12.0. The van der Waals surface area contributed by atoms with E-state index in [-0.39, 0.29) is 18.6 Å². The van der Waals surface area contributed by atoms with Gasteiger partial charge >= 0.3 is 0 Å². The molecule has 0 saturated heterocycles. The molecule has 1 heterocycles. The molecule has 4 nitrogen and oxygen atoms in total. The molecule has 1 aromatic heterocycles. The van der Waals surface area contributed by atoms with Gasteiger partial charge in [-0.15, -0.1) is 0 Å². The van der Waals surface area contributed by atoms with E-state index in [0.717, 1.165) is 12.8 Å². The number of hydrogen-bond donors (Lipinski definition) is 2. The second-order valence-electron chi connectivity index (χ2n) is 4.00. The lowest BCUT2D eigenvalue weighted by Crippen LogP contribution is -2.23. The summed E-state index contributed by atoms with van der Waals surface area (Å²) < 4.78 is 0. The highest BCUT2D eigenvalue weighted by Gasteiger charge is 2.11. The Morgan fingerprint density at radius 3 is 2.81 bits per heavy atom. The van der Waals surface area contributed by atoms with Crippen LogP contribution in [0.1, 0.15) is 26.7 Å². The third-order valence-electron chi connectivity index (χ3n) is 2.45. The van der Waals surface area contributed by atoms with Crippen LogP contribution in [-0.4, -0.2) is 27.7 Å². The van der Waals surface area contributed by atoms with Gasteiger partial charge in [0.25, 0.3) is 0 Å². The Bertz CT molecular complexity index is 322. The molecule has 0 unspecified atom stereocenters. The number of aliphatic hydroxyl groups excluding tert-OH is 1. The Morgan fingerprint density at radius 2 is 2.25 bits per heavy atom. The molecule has 0 fully saturated rings. The Labute approximate surface area is 101 Å². The highest BCUT2D eigenvalue weighted by Crippen LogP contribution is 2.14. The number of anilines is 1. The molecular formula is C11H18ClN3O. The van der Waals surface area contributed by atoms with E-state index in [2.05, 4.69) is 22.2 Å². The number of nitrogens with one attached hydrogen (secondary N) is 1. The number of nitrogens with zero attached hydrogens (tertiary/aromatic N) is 2. The quantitative estimate of drug-likeness (QED) is 0.805. The van der Waals surface area contributed by atoms with Crippen molar-refractivity contribution in [3.8, 4) is 0 Å². The van der Waals surface area contributed by atoms with E-state index >= 15 is 0 Å². The molecule has 0 saturated carbocycles. The lowest BCUT2D eigenvalue weighted by Gasteiger charge is -2.20. The summed E-state index contributed by atoms with van der Waals surface area (Å²) in [5.74, 6) is 0.967. The predicted molar refractivity (Wildman–Crippen MR) is 65.6 cm³/mol. The molecule has 5 heteroatoms. The molecule has 0 bridgehead atoms. The molecule has 2 N–H and O–H groups in total. The zero-order valence-electron chi connectivity index (χ0n) is 9.65. The van der Waals surface area contributed by atoms with E-state index in [9.17, 15) is 0 Å². The van der Waals surface area contributed by atoms with Crippen molar-refractivity contribution >= 4 is 17.4 Å². The van der Waals surface area contributed by atoms with Crippen LogP contribution >= 0.6 is 11.6 Å². The lowest BCUT2D eigenvalue weighted by atomic mass is 10.0. The van der Waals surface area contributed by atoms with Gasteiger partial charge in [0.05, 0.1) is 12.4 Å². The number of hydrogen-bond acceptors (Lipinski definition) is 4. The fraction of sp³-hybridized carbons (Fsp3) is 0.636. The van der Waals surface area contributed by atoms with Crippen molar-refractivity contribution in [2.45, 2.75) is 32.7 Å². The van der Waals surface area contributed by atoms with Crippen molar-refractivity contribution in [2.24, 2.45) is 5.92 Å². The molecule has 90 valence electrons. The molecule has 0 aliphatic rings. The van der Waals surface area contributed by atoms with Crippen molar-refractivity contribution in [3.63, 3.8) is 0 Å². The average Bonchev–Trinajstić information content (AvgIpc) is 2.28. The molecule has 1 rings (SSSR count). The van der Waals surface area contributed by atoms with Gasteiger partial charge < -0.3 is 10.4 Å². The fourth-order valence-electron chi connectivity index (χ4n) is 1.51. The minimum absolute atomic E-state index is 0.208. The van der Waals surface area contributed by atoms with Gasteiger partial charge in [-0.25, -0.2) is 4.98 Å². The molecular weight excluding hydrogens is 226 g/mol. The second-order valence-corrected chi connectivity index (χ2v) is 4.39. The first-order chi connectivity index (χ1) is 7.65. The molecule has 0 aliphatic heterocycles. The van der Waals surface area contributed by atoms with Crippen molar-refractivity contribution < 1.29 is 5.11 Å². The third-order valence-corrected chi connectivity index (χ3v) is 2.63. The van der Waals surface area contributed by atoms with E-state index in [1.165, 1.54) is 6.20 Å². The maximum absolute atomic E-state index is 9.01. The van der Waals surface area contributed by atoms with Crippen molar-refractivity contribution in [2.75, 3.05) is 11.9 Å². The summed E-state index contributed by atoms with van der Waals surface area (Å²) in [5.41, 5.74) is 0. The minimum atomic E-state index is 0.208. The van der Waals surface area contributed by atoms with Gasteiger partial charge in [-0.2, -0.15) is 0 Å². The number of rotatable bonds is 6. The Kier molecular flexibility index (Phi) is 5.49.